The van der Waals surface area contributed by atoms with Crippen LogP contribution in [0.25, 0.3) is 0 Å². The maximum Gasteiger partial charge on any atom is 0.175 e. The fourth-order valence-corrected chi connectivity index (χ4v) is 0.852. The quantitative estimate of drug-likeness (QED) is 0.619. The highest BCUT2D eigenvalue weighted by Gasteiger charge is 1.99. The Hall–Kier alpha value is -1.05. The molecule has 0 saturated heterocycles. The van der Waals surface area contributed by atoms with Crippen molar-refractivity contribution < 1.29 is 4.79 Å². The molecule has 0 unspecified atom stereocenters. The fourth-order valence-electron chi connectivity index (χ4n) is 0.852. The Morgan fingerprint density at radius 1 is 1.60 bits per heavy atom. The van der Waals surface area contributed by atoms with E-state index in [2.05, 4.69) is 11.9 Å². The second kappa shape index (κ2) is 2.69. The summed E-state index contributed by atoms with van der Waals surface area (Å²) < 4.78 is 0. The minimum absolute atomic E-state index is 0.0969. The lowest BCUT2D eigenvalue weighted by atomic mass is 10.3. The van der Waals surface area contributed by atoms with Crippen molar-refractivity contribution in [1.82, 2.24) is 4.98 Å². The van der Waals surface area contributed by atoms with Gasteiger partial charge in [0.25, 0.3) is 0 Å². The summed E-state index contributed by atoms with van der Waals surface area (Å²) in [5, 5.41) is 0. The summed E-state index contributed by atoms with van der Waals surface area (Å²) in [6.45, 7) is 3.61. The first-order valence-corrected chi connectivity index (χ1v) is 3.43. The molecule has 1 aromatic rings. The van der Waals surface area contributed by atoms with Gasteiger partial charge in [-0.25, -0.2) is 0 Å². The van der Waals surface area contributed by atoms with Crippen molar-refractivity contribution in [2.45, 2.75) is 20.3 Å². The Balaban J connectivity index is 2.88. The molecule has 1 rings (SSSR count). The van der Waals surface area contributed by atoms with Crippen LogP contribution in [0.2, 0.25) is 0 Å². The van der Waals surface area contributed by atoms with E-state index in [1.165, 1.54) is 0 Å². The van der Waals surface area contributed by atoms with E-state index in [4.69, 9.17) is 0 Å². The zero-order valence-corrected chi connectivity index (χ0v) is 6.27. The normalized spacial score (nSPS) is 9.80. The molecule has 0 radical (unpaired) electrons. The lowest BCUT2D eigenvalue weighted by Gasteiger charge is -1.88. The smallest absolute Gasteiger partial charge is 0.175 e. The maximum absolute atomic E-state index is 10.7. The lowest BCUT2D eigenvalue weighted by molar-refractivity contribution is 0.101. The van der Waals surface area contributed by atoms with Gasteiger partial charge in [-0.3, -0.25) is 4.79 Å². The summed E-state index contributed by atoms with van der Waals surface area (Å²) in [4.78, 5) is 13.8. The Morgan fingerprint density at radius 3 is 2.60 bits per heavy atom. The molecular formula is C8H11NO. The Kier molecular flexibility index (Phi) is 1.90. The summed E-state index contributed by atoms with van der Waals surface area (Å²) >= 11 is 0. The number of aromatic amines is 1. The number of rotatable bonds is 2. The van der Waals surface area contributed by atoms with E-state index in [1.54, 1.807) is 6.92 Å². The van der Waals surface area contributed by atoms with Gasteiger partial charge in [-0.05, 0) is 18.6 Å². The van der Waals surface area contributed by atoms with Crippen LogP contribution in [0.3, 0.4) is 0 Å². The van der Waals surface area contributed by atoms with Gasteiger partial charge in [0.05, 0.1) is 5.69 Å². The van der Waals surface area contributed by atoms with E-state index in [0.29, 0.717) is 5.69 Å². The molecule has 0 aliphatic carbocycles. The first kappa shape index (κ1) is 7.06. The minimum atomic E-state index is 0.0969. The third-order valence-electron chi connectivity index (χ3n) is 1.51. The average molecular weight is 137 g/mol. The molecule has 10 heavy (non-hydrogen) atoms. The van der Waals surface area contributed by atoms with Crippen molar-refractivity contribution in [2.75, 3.05) is 0 Å². The molecule has 0 atom stereocenters. The summed E-state index contributed by atoms with van der Waals surface area (Å²) in [6.07, 6.45) is 0.952. The van der Waals surface area contributed by atoms with Crippen LogP contribution in [-0.4, -0.2) is 10.8 Å². The van der Waals surface area contributed by atoms with Crippen molar-refractivity contribution in [3.63, 3.8) is 0 Å². The molecule has 1 aromatic heterocycles. The Labute approximate surface area is 60.3 Å². The van der Waals surface area contributed by atoms with Gasteiger partial charge in [0, 0.05) is 12.6 Å². The number of H-pyrrole nitrogens is 1. The predicted octanol–water partition coefficient (Wildman–Crippen LogP) is 1.78. The van der Waals surface area contributed by atoms with Crippen LogP contribution in [0, 0.1) is 0 Å². The van der Waals surface area contributed by atoms with Crippen LogP contribution >= 0.6 is 0 Å². The number of aromatic nitrogens is 1. The number of hydrogen-bond donors (Lipinski definition) is 1. The molecule has 1 heterocycles. The molecule has 2 heteroatoms. The fraction of sp³-hybridized carbons (Fsp3) is 0.375. The van der Waals surface area contributed by atoms with Gasteiger partial charge in [-0.2, -0.15) is 0 Å². The molecule has 0 aromatic carbocycles. The molecule has 0 aliphatic rings. The molecule has 0 fully saturated rings. The summed E-state index contributed by atoms with van der Waals surface area (Å²) in [7, 11) is 0. The summed E-state index contributed by atoms with van der Waals surface area (Å²) in [5.41, 5.74) is 1.82. The highest BCUT2D eigenvalue weighted by Crippen LogP contribution is 2.02. The van der Waals surface area contributed by atoms with Gasteiger partial charge in [0.15, 0.2) is 5.78 Å². The first-order valence-electron chi connectivity index (χ1n) is 3.43. The van der Waals surface area contributed by atoms with E-state index in [9.17, 15) is 4.79 Å². The number of aryl methyl sites for hydroxylation is 1. The van der Waals surface area contributed by atoms with Gasteiger partial charge in [0.1, 0.15) is 0 Å². The zero-order valence-electron chi connectivity index (χ0n) is 6.27. The van der Waals surface area contributed by atoms with Gasteiger partial charge >= 0.3 is 0 Å². The first-order chi connectivity index (χ1) is 4.74. The number of Topliss-reactive ketones (excluding diaryl/α,β-unsaturated/α-hetero) is 1. The predicted molar refractivity (Wildman–Crippen MR) is 40.2 cm³/mol. The molecule has 2 nitrogen and oxygen atoms in total. The van der Waals surface area contributed by atoms with Gasteiger partial charge in [-0.15, -0.1) is 0 Å². The van der Waals surface area contributed by atoms with Crippen LogP contribution in [0.1, 0.15) is 30.0 Å². The third-order valence-corrected chi connectivity index (χ3v) is 1.51. The molecule has 0 saturated carbocycles. The lowest BCUT2D eigenvalue weighted by Crippen LogP contribution is -1.91. The number of ketones is 1. The van der Waals surface area contributed by atoms with E-state index < -0.39 is 0 Å². The zero-order chi connectivity index (χ0) is 7.56. The van der Waals surface area contributed by atoms with E-state index >= 15 is 0 Å². The maximum atomic E-state index is 10.7. The molecule has 0 spiro atoms. The van der Waals surface area contributed by atoms with Crippen LogP contribution in [0.15, 0.2) is 12.1 Å². The highest BCUT2D eigenvalue weighted by molar-refractivity contribution is 5.92. The van der Waals surface area contributed by atoms with E-state index in [-0.39, 0.29) is 5.78 Å². The summed E-state index contributed by atoms with van der Waals surface area (Å²) in [6, 6.07) is 3.76. The van der Waals surface area contributed by atoms with Crippen molar-refractivity contribution in [3.8, 4) is 0 Å². The number of carbonyl (C=O) groups excluding carboxylic acids is 1. The standard InChI is InChI=1S/C8H11NO/c1-3-7-4-5-8(9-7)6(2)10/h4-5,9H,3H2,1-2H3. The molecule has 0 amide bonds. The van der Waals surface area contributed by atoms with Gasteiger partial charge in [-0.1, -0.05) is 6.92 Å². The van der Waals surface area contributed by atoms with E-state index in [1.807, 2.05) is 12.1 Å². The number of carbonyl (C=O) groups is 1. The van der Waals surface area contributed by atoms with Gasteiger partial charge < -0.3 is 4.98 Å². The van der Waals surface area contributed by atoms with Crippen LogP contribution in [0.5, 0.6) is 0 Å². The molecule has 0 aliphatic heterocycles. The van der Waals surface area contributed by atoms with Crippen LogP contribution in [0.4, 0.5) is 0 Å². The topological polar surface area (TPSA) is 32.9 Å². The molecule has 1 N–H and O–H groups in total. The van der Waals surface area contributed by atoms with Crippen LogP contribution in [-0.2, 0) is 6.42 Å². The van der Waals surface area contributed by atoms with Crippen molar-refractivity contribution in [3.05, 3.63) is 23.5 Å². The average Bonchev–Trinajstić information content (AvgIpc) is 2.34. The van der Waals surface area contributed by atoms with Crippen molar-refractivity contribution in [1.29, 1.82) is 0 Å². The van der Waals surface area contributed by atoms with E-state index in [0.717, 1.165) is 12.1 Å². The Bertz CT molecular complexity index is 237. The second-order valence-electron chi connectivity index (χ2n) is 2.31. The van der Waals surface area contributed by atoms with Gasteiger partial charge in [0.2, 0.25) is 0 Å². The summed E-state index contributed by atoms with van der Waals surface area (Å²) in [5.74, 6) is 0.0969. The number of hydrogen-bond acceptors (Lipinski definition) is 1. The largest absolute Gasteiger partial charge is 0.356 e. The third kappa shape index (κ3) is 1.26. The second-order valence-corrected chi connectivity index (χ2v) is 2.31. The highest BCUT2D eigenvalue weighted by atomic mass is 16.1. The minimum Gasteiger partial charge on any atom is -0.356 e. The monoisotopic (exact) mass is 137 g/mol. The Morgan fingerprint density at radius 2 is 2.30 bits per heavy atom. The number of nitrogens with one attached hydrogen (secondary N) is 1. The molecule has 0 bridgehead atoms. The van der Waals surface area contributed by atoms with Crippen molar-refractivity contribution in [2.24, 2.45) is 0 Å². The molecular weight excluding hydrogens is 126 g/mol. The SMILES string of the molecule is CCc1ccc(C(C)=O)[nH]1. The van der Waals surface area contributed by atoms with Crippen LogP contribution < -0.4 is 0 Å². The van der Waals surface area contributed by atoms with Crippen molar-refractivity contribution >= 4 is 5.78 Å². The molecule has 54 valence electrons.